The third kappa shape index (κ3) is 63.6. The van der Waals surface area contributed by atoms with E-state index in [2.05, 4.69) is 93.7 Å². The molecule has 0 aromatic heterocycles. The van der Waals surface area contributed by atoms with E-state index in [0.717, 1.165) is 96.3 Å². The van der Waals surface area contributed by atoms with Crippen LogP contribution in [0.25, 0.3) is 0 Å². The molecule has 0 saturated carbocycles. The maximum absolute atomic E-state index is 12.9. The number of unbranched alkanes of at least 4 members (excludes halogenated alkanes) is 38. The summed E-state index contributed by atoms with van der Waals surface area (Å²) >= 11 is 0. The summed E-state index contributed by atoms with van der Waals surface area (Å²) in [4.78, 5) is 38.1. The van der Waals surface area contributed by atoms with Crippen molar-refractivity contribution in [1.82, 2.24) is 0 Å². The van der Waals surface area contributed by atoms with Crippen molar-refractivity contribution in [2.24, 2.45) is 0 Å². The monoisotopic (exact) mass is 1070 g/mol. The van der Waals surface area contributed by atoms with E-state index >= 15 is 0 Å². The number of hydrogen-bond acceptors (Lipinski definition) is 6. The average molecular weight is 1080 g/mol. The summed E-state index contributed by atoms with van der Waals surface area (Å²) in [6, 6.07) is 0. The molecule has 0 N–H and O–H groups in total. The molecule has 0 aromatic rings. The Hall–Kier alpha value is -3.15. The van der Waals surface area contributed by atoms with Crippen molar-refractivity contribution in [3.8, 4) is 0 Å². The van der Waals surface area contributed by atoms with Crippen LogP contribution in [0, 0.1) is 0 Å². The van der Waals surface area contributed by atoms with E-state index in [1.807, 2.05) is 0 Å². The molecule has 446 valence electrons. The van der Waals surface area contributed by atoms with Crippen molar-refractivity contribution in [2.75, 3.05) is 13.2 Å². The van der Waals surface area contributed by atoms with Crippen LogP contribution in [0.2, 0.25) is 0 Å². The van der Waals surface area contributed by atoms with Crippen LogP contribution in [0.1, 0.15) is 342 Å². The first-order chi connectivity index (χ1) is 38.0. The Kier molecular flexibility index (Phi) is 62.7. The van der Waals surface area contributed by atoms with Gasteiger partial charge in [-0.3, -0.25) is 14.4 Å². The Bertz CT molecular complexity index is 1420. The second-order valence-electron chi connectivity index (χ2n) is 22.4. The molecule has 0 aliphatic heterocycles. The van der Waals surface area contributed by atoms with Gasteiger partial charge in [-0.1, -0.05) is 325 Å². The molecule has 0 fully saturated rings. The molecule has 0 heterocycles. The molecule has 1 unspecified atom stereocenters. The predicted octanol–water partition coefficient (Wildman–Crippen LogP) is 22.9. The lowest BCUT2D eigenvalue weighted by Gasteiger charge is -2.18. The summed E-state index contributed by atoms with van der Waals surface area (Å²) in [5.41, 5.74) is 0. The summed E-state index contributed by atoms with van der Waals surface area (Å²) in [6.45, 7) is 6.54. The number of rotatable bonds is 61. The van der Waals surface area contributed by atoms with Gasteiger partial charge in [0.2, 0.25) is 0 Å². The summed E-state index contributed by atoms with van der Waals surface area (Å²) in [6.07, 6.45) is 85.2. The van der Waals surface area contributed by atoms with Crippen molar-refractivity contribution in [3.63, 3.8) is 0 Å². The lowest BCUT2D eigenvalue weighted by atomic mass is 10.0. The van der Waals surface area contributed by atoms with Gasteiger partial charge in [0.25, 0.3) is 0 Å². The number of esters is 3. The summed E-state index contributed by atoms with van der Waals surface area (Å²) in [7, 11) is 0. The normalized spacial score (nSPS) is 12.5. The zero-order valence-electron chi connectivity index (χ0n) is 51.2. The molecular formula is C71H126O6. The van der Waals surface area contributed by atoms with Crippen molar-refractivity contribution in [1.29, 1.82) is 0 Å². The molecule has 0 aliphatic rings. The first-order valence-corrected chi connectivity index (χ1v) is 33.4. The Morgan fingerprint density at radius 1 is 0.273 bits per heavy atom. The van der Waals surface area contributed by atoms with Crippen molar-refractivity contribution >= 4 is 17.9 Å². The highest BCUT2D eigenvalue weighted by Gasteiger charge is 2.19. The molecule has 0 amide bonds. The van der Waals surface area contributed by atoms with Gasteiger partial charge in [0.15, 0.2) is 6.10 Å². The minimum absolute atomic E-state index is 0.0683. The topological polar surface area (TPSA) is 78.9 Å². The third-order valence-corrected chi connectivity index (χ3v) is 14.7. The van der Waals surface area contributed by atoms with E-state index in [1.54, 1.807) is 0 Å². The number of allylic oxidation sites excluding steroid dienone is 12. The van der Waals surface area contributed by atoms with Crippen LogP contribution >= 0.6 is 0 Å². The van der Waals surface area contributed by atoms with E-state index in [9.17, 15) is 14.4 Å². The number of carbonyl (C=O) groups is 3. The van der Waals surface area contributed by atoms with Gasteiger partial charge in [0, 0.05) is 19.3 Å². The Labute approximate surface area is 478 Å². The molecular weight excluding hydrogens is 949 g/mol. The highest BCUT2D eigenvalue weighted by molar-refractivity contribution is 5.71. The van der Waals surface area contributed by atoms with Crippen LogP contribution in [0.5, 0.6) is 0 Å². The van der Waals surface area contributed by atoms with Crippen molar-refractivity contribution in [3.05, 3.63) is 72.9 Å². The van der Waals surface area contributed by atoms with Crippen LogP contribution in [0.3, 0.4) is 0 Å². The van der Waals surface area contributed by atoms with E-state index in [1.165, 1.54) is 205 Å². The maximum atomic E-state index is 12.9. The van der Waals surface area contributed by atoms with Crippen LogP contribution in [-0.2, 0) is 28.6 Å². The first-order valence-electron chi connectivity index (χ1n) is 33.4. The second-order valence-corrected chi connectivity index (χ2v) is 22.4. The highest BCUT2D eigenvalue weighted by Crippen LogP contribution is 2.18. The number of hydrogen-bond donors (Lipinski definition) is 0. The molecule has 0 spiro atoms. The third-order valence-electron chi connectivity index (χ3n) is 14.7. The fourth-order valence-corrected chi connectivity index (χ4v) is 9.74. The smallest absolute Gasteiger partial charge is 0.306 e. The van der Waals surface area contributed by atoms with Crippen LogP contribution < -0.4 is 0 Å². The van der Waals surface area contributed by atoms with Gasteiger partial charge in [-0.25, -0.2) is 0 Å². The van der Waals surface area contributed by atoms with Crippen LogP contribution in [0.4, 0.5) is 0 Å². The van der Waals surface area contributed by atoms with Crippen LogP contribution in [-0.4, -0.2) is 37.2 Å². The quantitative estimate of drug-likeness (QED) is 0.0261. The molecule has 0 bridgehead atoms. The summed E-state index contributed by atoms with van der Waals surface area (Å²) in [5.74, 6) is -0.853. The van der Waals surface area contributed by atoms with Gasteiger partial charge in [-0.05, 0) is 70.6 Å². The molecule has 77 heavy (non-hydrogen) atoms. The number of carbonyl (C=O) groups excluding carboxylic acids is 3. The van der Waals surface area contributed by atoms with Gasteiger partial charge in [0.1, 0.15) is 13.2 Å². The summed E-state index contributed by atoms with van der Waals surface area (Å²) < 4.78 is 16.9. The zero-order valence-corrected chi connectivity index (χ0v) is 51.2. The molecule has 6 nitrogen and oxygen atoms in total. The Balaban J connectivity index is 4.01. The van der Waals surface area contributed by atoms with Gasteiger partial charge in [-0.15, -0.1) is 0 Å². The standard InChI is InChI=1S/C71H126O6/c1-4-7-10-13-16-19-21-23-25-27-28-29-30-31-32-33-34-35-36-37-38-39-40-41-42-43-44-45-47-48-50-52-55-58-61-64-70(73)76-67-68(66-75-69(72)63-60-57-54-18-15-12-9-6-3)77-71(74)65-62-59-56-53-51-49-46-26-24-22-20-17-14-11-8-5-2/h7,10,16,19,23,25,28-29,31-32,34-35,68H,4-6,8-9,11-15,17-18,20-22,24,26-27,30,33,36-67H2,1-3H3/b10-7-,19-16-,25-23-,29-28-,32-31-,35-34-. The minimum Gasteiger partial charge on any atom is -0.462 e. The SMILES string of the molecule is CC/C=C\C/C=C\C/C=C\C/C=C\C/C=C\C/C=C\CCCCCCCCCCCCCCCCCCC(=O)OCC(COC(=O)CCCCCCCCCC)OC(=O)CCCCCCCCCCCCCCCCCC. The summed E-state index contributed by atoms with van der Waals surface area (Å²) in [5, 5.41) is 0. The van der Waals surface area contributed by atoms with E-state index in [0.29, 0.717) is 19.3 Å². The lowest BCUT2D eigenvalue weighted by Crippen LogP contribution is -2.30. The lowest BCUT2D eigenvalue weighted by molar-refractivity contribution is -0.167. The van der Waals surface area contributed by atoms with Gasteiger partial charge >= 0.3 is 17.9 Å². The van der Waals surface area contributed by atoms with Crippen LogP contribution in [0.15, 0.2) is 72.9 Å². The van der Waals surface area contributed by atoms with E-state index in [-0.39, 0.29) is 31.1 Å². The Morgan fingerprint density at radius 2 is 0.506 bits per heavy atom. The molecule has 0 radical (unpaired) electrons. The highest BCUT2D eigenvalue weighted by atomic mass is 16.6. The maximum Gasteiger partial charge on any atom is 0.306 e. The van der Waals surface area contributed by atoms with Gasteiger partial charge in [0.05, 0.1) is 0 Å². The minimum atomic E-state index is -0.768. The molecule has 1 atom stereocenters. The van der Waals surface area contributed by atoms with E-state index < -0.39 is 6.10 Å². The molecule has 0 rings (SSSR count). The largest absolute Gasteiger partial charge is 0.462 e. The molecule has 6 heteroatoms. The average Bonchev–Trinajstić information content (AvgIpc) is 3.43. The Morgan fingerprint density at radius 3 is 0.792 bits per heavy atom. The first kappa shape index (κ1) is 73.8. The molecule has 0 aliphatic carbocycles. The fraction of sp³-hybridized carbons (Fsp3) is 0.789. The molecule has 0 saturated heterocycles. The van der Waals surface area contributed by atoms with Gasteiger partial charge < -0.3 is 14.2 Å². The number of ether oxygens (including phenoxy) is 3. The van der Waals surface area contributed by atoms with Crippen molar-refractivity contribution < 1.29 is 28.6 Å². The molecule has 0 aromatic carbocycles. The predicted molar refractivity (Wildman–Crippen MR) is 335 cm³/mol. The van der Waals surface area contributed by atoms with E-state index in [4.69, 9.17) is 14.2 Å². The second kappa shape index (κ2) is 65.4. The van der Waals surface area contributed by atoms with Crippen molar-refractivity contribution in [2.45, 2.75) is 348 Å². The fourth-order valence-electron chi connectivity index (χ4n) is 9.74. The zero-order chi connectivity index (χ0) is 55.7. The van der Waals surface area contributed by atoms with Gasteiger partial charge in [-0.2, -0.15) is 0 Å².